The molecule has 0 bridgehead atoms. The minimum atomic E-state index is 1.01. The molecule has 33 heavy (non-hydrogen) atoms. The summed E-state index contributed by atoms with van der Waals surface area (Å²) in [5, 5.41) is 2.62. The largest absolute Gasteiger partial charge is 0.213 e. The van der Waals surface area contributed by atoms with E-state index in [-0.39, 0.29) is 0 Å². The van der Waals surface area contributed by atoms with Crippen molar-refractivity contribution >= 4 is 22.1 Å². The van der Waals surface area contributed by atoms with Gasteiger partial charge in [0.2, 0.25) is 11.4 Å². The van der Waals surface area contributed by atoms with E-state index in [1.807, 2.05) is 11.3 Å². The van der Waals surface area contributed by atoms with Crippen LogP contribution in [0.3, 0.4) is 0 Å². The molecule has 0 radical (unpaired) electrons. The number of benzene rings is 2. The fraction of sp³-hybridized carbons (Fsp3) is 0.200. The Kier molecular flexibility index (Phi) is 5.82. The first-order chi connectivity index (χ1) is 16.0. The van der Waals surface area contributed by atoms with E-state index in [1.165, 1.54) is 54.2 Å². The van der Waals surface area contributed by atoms with Crippen molar-refractivity contribution in [1.29, 1.82) is 0 Å². The van der Waals surface area contributed by atoms with Crippen LogP contribution in [0.2, 0.25) is 0 Å². The first-order valence-electron chi connectivity index (χ1n) is 11.5. The van der Waals surface area contributed by atoms with Crippen LogP contribution in [0.1, 0.15) is 20.9 Å². The topological polar surface area (TPSA) is 7.76 Å². The van der Waals surface area contributed by atoms with Crippen molar-refractivity contribution in [2.45, 2.75) is 26.7 Å². The molecule has 0 fully saturated rings. The molecule has 0 aliphatic carbocycles. The van der Waals surface area contributed by atoms with E-state index in [1.54, 1.807) is 0 Å². The third-order valence-electron chi connectivity index (χ3n) is 6.67. The fourth-order valence-corrected chi connectivity index (χ4v) is 6.14. The molecule has 0 saturated carbocycles. The molecular formula is C30H30N2S+2. The van der Waals surface area contributed by atoms with E-state index in [0.717, 1.165) is 12.8 Å². The lowest BCUT2D eigenvalue weighted by Crippen LogP contribution is -2.30. The van der Waals surface area contributed by atoms with Gasteiger partial charge in [0, 0.05) is 34.0 Å². The minimum Gasteiger partial charge on any atom is -0.201 e. The van der Waals surface area contributed by atoms with Gasteiger partial charge >= 0.3 is 0 Å². The summed E-state index contributed by atoms with van der Waals surface area (Å²) in [5.74, 6) is 0. The Balaban J connectivity index is 1.61. The van der Waals surface area contributed by atoms with Crippen molar-refractivity contribution in [2.24, 2.45) is 14.1 Å². The van der Waals surface area contributed by atoms with E-state index in [2.05, 4.69) is 122 Å². The summed E-state index contributed by atoms with van der Waals surface area (Å²) in [6.45, 7) is 4.53. The monoisotopic (exact) mass is 450 g/mol. The van der Waals surface area contributed by atoms with Gasteiger partial charge in [-0.25, -0.2) is 9.13 Å². The van der Waals surface area contributed by atoms with Crippen LogP contribution in [0.25, 0.3) is 33.3 Å². The molecule has 5 aromatic rings. The predicted molar refractivity (Wildman–Crippen MR) is 138 cm³/mol. The molecule has 0 saturated heterocycles. The third kappa shape index (κ3) is 3.98. The highest BCUT2D eigenvalue weighted by atomic mass is 32.1. The Morgan fingerprint density at radius 2 is 1.27 bits per heavy atom. The highest BCUT2D eigenvalue weighted by Crippen LogP contribution is 2.37. The standard InChI is InChI=1S/C30H30N2S/c1-21-25(29(22(2)33-21)27-13-7-9-19-31(27)3)18-17-24-16-15-23-11-5-6-12-26(23)30(24)28-14-8-10-20-32(28)4/h5-16,19-20H,17-18H2,1-4H3/q+2. The Morgan fingerprint density at radius 3 is 1.97 bits per heavy atom. The van der Waals surface area contributed by atoms with Gasteiger partial charge in [-0.05, 0) is 60.7 Å². The first kappa shape index (κ1) is 21.5. The Labute approximate surface area is 200 Å². The summed E-state index contributed by atoms with van der Waals surface area (Å²) >= 11 is 1.92. The number of rotatable bonds is 5. The average Bonchev–Trinajstić information content (AvgIpc) is 3.10. The van der Waals surface area contributed by atoms with Crippen LogP contribution in [0.5, 0.6) is 0 Å². The Bertz CT molecular complexity index is 1460. The van der Waals surface area contributed by atoms with Crippen LogP contribution in [0.4, 0.5) is 0 Å². The van der Waals surface area contributed by atoms with E-state index < -0.39 is 0 Å². The molecule has 0 spiro atoms. The highest BCUT2D eigenvalue weighted by molar-refractivity contribution is 7.12. The summed E-state index contributed by atoms with van der Waals surface area (Å²) < 4.78 is 4.48. The lowest BCUT2D eigenvalue weighted by atomic mass is 9.91. The minimum absolute atomic E-state index is 1.01. The van der Waals surface area contributed by atoms with Gasteiger partial charge in [-0.15, -0.1) is 11.3 Å². The number of hydrogen-bond donors (Lipinski definition) is 0. The second-order valence-electron chi connectivity index (χ2n) is 8.78. The summed E-state index contributed by atoms with van der Waals surface area (Å²) in [6.07, 6.45) is 6.32. The molecule has 0 amide bonds. The zero-order chi connectivity index (χ0) is 22.9. The summed E-state index contributed by atoms with van der Waals surface area (Å²) in [4.78, 5) is 2.83. The fourth-order valence-electron chi connectivity index (χ4n) is 5.02. The van der Waals surface area contributed by atoms with Crippen molar-refractivity contribution < 1.29 is 9.13 Å². The normalized spacial score (nSPS) is 11.3. The van der Waals surface area contributed by atoms with Gasteiger partial charge < -0.3 is 0 Å². The molecular weight excluding hydrogens is 420 g/mol. The van der Waals surface area contributed by atoms with Gasteiger partial charge in [0.15, 0.2) is 12.4 Å². The van der Waals surface area contributed by atoms with Gasteiger partial charge in [-0.3, -0.25) is 0 Å². The van der Waals surface area contributed by atoms with Gasteiger partial charge in [0.25, 0.3) is 0 Å². The molecule has 2 aromatic carbocycles. The van der Waals surface area contributed by atoms with Crippen LogP contribution in [-0.4, -0.2) is 0 Å². The van der Waals surface area contributed by atoms with Gasteiger partial charge in [-0.2, -0.15) is 0 Å². The quantitative estimate of drug-likeness (QED) is 0.278. The molecule has 5 rings (SSSR count). The maximum absolute atomic E-state index is 2.33. The van der Waals surface area contributed by atoms with Crippen molar-refractivity contribution in [1.82, 2.24) is 0 Å². The average molecular weight is 451 g/mol. The molecule has 0 unspecified atom stereocenters. The third-order valence-corrected chi connectivity index (χ3v) is 7.73. The van der Waals surface area contributed by atoms with E-state index in [9.17, 15) is 0 Å². The number of nitrogens with zero attached hydrogens (tertiary/aromatic N) is 2. The SMILES string of the molecule is Cc1sc(C)c(-c2cccc[n+]2C)c1CCc1ccc2ccccc2c1-c1cccc[n+]1C. The van der Waals surface area contributed by atoms with Crippen molar-refractivity contribution in [3.05, 3.63) is 106 Å². The number of aryl methyl sites for hydroxylation is 5. The molecule has 0 N–H and O–H groups in total. The smallest absolute Gasteiger partial charge is 0.201 e. The first-order valence-corrected chi connectivity index (χ1v) is 12.4. The summed E-state index contributed by atoms with van der Waals surface area (Å²) in [5.41, 5.74) is 8.21. The maximum Gasteiger partial charge on any atom is 0.213 e. The molecule has 164 valence electrons. The second kappa shape index (κ2) is 8.92. The van der Waals surface area contributed by atoms with E-state index in [4.69, 9.17) is 0 Å². The molecule has 0 aliphatic rings. The molecule has 3 aromatic heterocycles. The summed E-state index contributed by atoms with van der Waals surface area (Å²) in [6, 6.07) is 26.3. The summed E-state index contributed by atoms with van der Waals surface area (Å²) in [7, 11) is 4.28. The van der Waals surface area contributed by atoms with Crippen molar-refractivity contribution in [3.8, 4) is 22.5 Å². The molecule has 3 heterocycles. The lowest BCUT2D eigenvalue weighted by Gasteiger charge is -2.13. The van der Waals surface area contributed by atoms with Crippen molar-refractivity contribution in [2.75, 3.05) is 0 Å². The lowest BCUT2D eigenvalue weighted by molar-refractivity contribution is -0.660. The molecule has 3 heteroatoms. The van der Waals surface area contributed by atoms with Crippen LogP contribution >= 0.6 is 11.3 Å². The number of pyridine rings is 2. The maximum atomic E-state index is 2.33. The van der Waals surface area contributed by atoms with Crippen LogP contribution in [-0.2, 0) is 26.9 Å². The Morgan fingerprint density at radius 1 is 0.636 bits per heavy atom. The number of thiophene rings is 1. The van der Waals surface area contributed by atoms with Crippen LogP contribution in [0.15, 0.2) is 85.2 Å². The Hall–Kier alpha value is -3.30. The van der Waals surface area contributed by atoms with Gasteiger partial charge in [-0.1, -0.05) is 36.4 Å². The molecule has 0 aliphatic heterocycles. The second-order valence-corrected chi connectivity index (χ2v) is 10.2. The zero-order valence-electron chi connectivity index (χ0n) is 19.8. The highest BCUT2D eigenvalue weighted by Gasteiger charge is 2.22. The molecule has 0 atom stereocenters. The van der Waals surface area contributed by atoms with Crippen LogP contribution in [0, 0.1) is 13.8 Å². The van der Waals surface area contributed by atoms with E-state index >= 15 is 0 Å². The zero-order valence-corrected chi connectivity index (χ0v) is 20.6. The van der Waals surface area contributed by atoms with Gasteiger partial charge in [0.05, 0.1) is 11.1 Å². The number of hydrogen-bond acceptors (Lipinski definition) is 1. The van der Waals surface area contributed by atoms with Gasteiger partial charge in [0.1, 0.15) is 14.1 Å². The number of aromatic nitrogens is 2. The molecule has 2 nitrogen and oxygen atoms in total. The van der Waals surface area contributed by atoms with Crippen LogP contribution < -0.4 is 9.13 Å². The van der Waals surface area contributed by atoms with E-state index in [0.29, 0.717) is 0 Å². The number of fused-ring (bicyclic) bond motifs is 1. The van der Waals surface area contributed by atoms with Crippen molar-refractivity contribution in [3.63, 3.8) is 0 Å². The predicted octanol–water partition coefficient (Wildman–Crippen LogP) is 6.29.